The first kappa shape index (κ1) is 31.2. The van der Waals surface area contributed by atoms with Crippen molar-refractivity contribution in [2.75, 3.05) is 52.4 Å². The van der Waals surface area contributed by atoms with Gasteiger partial charge in [-0.25, -0.2) is 8.42 Å². The van der Waals surface area contributed by atoms with Gasteiger partial charge in [0.1, 0.15) is 5.00 Å². The summed E-state index contributed by atoms with van der Waals surface area (Å²) in [5, 5.41) is 3.23. The van der Waals surface area contributed by atoms with E-state index in [4.69, 9.17) is 15.2 Å². The van der Waals surface area contributed by atoms with Crippen LogP contribution in [0.25, 0.3) is 0 Å². The molecule has 206 valence electrons. The van der Waals surface area contributed by atoms with Gasteiger partial charge in [0.05, 0.1) is 23.7 Å². The number of ether oxygens (including phenoxy) is 2. The molecule has 13 heteroatoms. The first-order valence-corrected chi connectivity index (χ1v) is 13.9. The first-order valence-electron chi connectivity index (χ1n) is 11.7. The van der Waals surface area contributed by atoms with Gasteiger partial charge in [-0.2, -0.15) is 4.31 Å². The number of sulfonamides is 1. The lowest BCUT2D eigenvalue weighted by molar-refractivity contribution is 0.0999. The highest BCUT2D eigenvalue weighted by Crippen LogP contribution is 2.37. The van der Waals surface area contributed by atoms with E-state index in [1.165, 1.54) is 54.1 Å². The highest BCUT2D eigenvalue weighted by molar-refractivity contribution is 7.89. The summed E-state index contributed by atoms with van der Waals surface area (Å²) in [5.74, 6) is -1.02. The van der Waals surface area contributed by atoms with E-state index in [1.54, 1.807) is 0 Å². The number of carbonyl (C=O) groups is 2. The van der Waals surface area contributed by atoms with Crippen LogP contribution >= 0.6 is 23.7 Å². The topological polar surface area (TPSA) is 131 Å². The minimum Gasteiger partial charge on any atom is -0.383 e. The average molecular weight is 575 g/mol. The van der Waals surface area contributed by atoms with E-state index in [9.17, 15) is 18.0 Å². The Labute approximate surface area is 228 Å². The number of nitrogens with zero attached hydrogens (tertiary/aromatic N) is 2. The number of carbonyl (C=O) groups excluding carboxylic acids is 2. The molecule has 10 nitrogen and oxygen atoms in total. The summed E-state index contributed by atoms with van der Waals surface area (Å²) in [6.45, 7) is 6.59. The molecular weight excluding hydrogens is 540 g/mol. The second kappa shape index (κ2) is 13.7. The first-order chi connectivity index (χ1) is 17.1. The van der Waals surface area contributed by atoms with E-state index in [0.717, 1.165) is 17.0 Å². The monoisotopic (exact) mass is 574 g/mol. The lowest BCUT2D eigenvalue weighted by atomic mass is 10.0. The van der Waals surface area contributed by atoms with E-state index >= 15 is 0 Å². The van der Waals surface area contributed by atoms with Gasteiger partial charge in [0.25, 0.3) is 11.8 Å². The van der Waals surface area contributed by atoms with Crippen molar-refractivity contribution in [3.05, 3.63) is 45.8 Å². The third-order valence-corrected chi connectivity index (χ3v) is 9.18. The number of rotatable bonds is 12. The Hall–Kier alpha value is -2.06. The van der Waals surface area contributed by atoms with Crippen molar-refractivity contribution in [2.45, 2.75) is 37.8 Å². The van der Waals surface area contributed by atoms with E-state index in [0.29, 0.717) is 29.6 Å². The van der Waals surface area contributed by atoms with Crippen molar-refractivity contribution in [1.29, 1.82) is 0 Å². The van der Waals surface area contributed by atoms with Crippen LogP contribution in [0.2, 0.25) is 0 Å². The number of hydrogen-bond acceptors (Lipinski definition) is 8. The van der Waals surface area contributed by atoms with Crippen LogP contribution in [0.5, 0.6) is 0 Å². The fraction of sp³-hybridized carbons (Fsp3) is 0.500. The highest BCUT2D eigenvalue weighted by Gasteiger charge is 2.29. The maximum Gasteiger partial charge on any atom is 0.256 e. The Kier molecular flexibility index (Phi) is 11.5. The Morgan fingerprint density at radius 3 is 2.24 bits per heavy atom. The van der Waals surface area contributed by atoms with Crippen molar-refractivity contribution < 1.29 is 27.5 Å². The zero-order valence-corrected chi connectivity index (χ0v) is 23.9. The summed E-state index contributed by atoms with van der Waals surface area (Å²) in [4.78, 5) is 28.6. The Bertz CT molecular complexity index is 1180. The van der Waals surface area contributed by atoms with Crippen molar-refractivity contribution in [3.63, 3.8) is 0 Å². The predicted octanol–water partition coefficient (Wildman–Crippen LogP) is 2.57. The van der Waals surface area contributed by atoms with Gasteiger partial charge < -0.3 is 20.5 Å². The van der Waals surface area contributed by atoms with Crippen molar-refractivity contribution in [3.8, 4) is 0 Å². The fourth-order valence-corrected chi connectivity index (χ4v) is 6.74. The molecule has 0 atom stereocenters. The van der Waals surface area contributed by atoms with Crippen LogP contribution in [0.3, 0.4) is 0 Å². The van der Waals surface area contributed by atoms with Crippen molar-refractivity contribution in [1.82, 2.24) is 9.21 Å². The average Bonchev–Trinajstić information content (AvgIpc) is 3.21. The summed E-state index contributed by atoms with van der Waals surface area (Å²) >= 11 is 1.36. The lowest BCUT2D eigenvalue weighted by Gasteiger charge is -2.30. The SMILES string of the molecule is COCCN(CCOC)S(=O)(=O)c1ccc(C(=O)Nc2sc3c(c2C(N)=O)CCN(C(C)C)C3)cc1.Cl. The molecule has 1 aromatic heterocycles. The Morgan fingerprint density at radius 1 is 1.14 bits per heavy atom. The van der Waals surface area contributed by atoms with E-state index in [-0.39, 0.29) is 49.2 Å². The summed E-state index contributed by atoms with van der Waals surface area (Å²) in [6, 6.07) is 6.05. The van der Waals surface area contributed by atoms with Gasteiger partial charge in [0, 0.05) is 56.9 Å². The molecule has 0 saturated heterocycles. The number of benzene rings is 1. The van der Waals surface area contributed by atoms with Gasteiger partial charge >= 0.3 is 0 Å². The van der Waals surface area contributed by atoms with Gasteiger partial charge in [0.15, 0.2) is 0 Å². The quantitative estimate of drug-likeness (QED) is 0.398. The summed E-state index contributed by atoms with van der Waals surface area (Å²) < 4.78 is 37.5. The van der Waals surface area contributed by atoms with Crippen LogP contribution in [0.15, 0.2) is 29.2 Å². The predicted molar refractivity (Wildman–Crippen MR) is 146 cm³/mol. The minimum atomic E-state index is -3.80. The molecule has 0 unspecified atom stereocenters. The lowest BCUT2D eigenvalue weighted by Crippen LogP contribution is -2.36. The van der Waals surface area contributed by atoms with Gasteiger partial charge in [0.2, 0.25) is 10.0 Å². The number of halogens is 1. The van der Waals surface area contributed by atoms with E-state index in [1.807, 2.05) is 0 Å². The fourth-order valence-electron chi connectivity index (χ4n) is 4.05. The van der Waals surface area contributed by atoms with Gasteiger partial charge in [-0.3, -0.25) is 14.5 Å². The zero-order chi connectivity index (χ0) is 26.5. The third kappa shape index (κ3) is 7.29. The summed E-state index contributed by atoms with van der Waals surface area (Å²) in [5.41, 5.74) is 7.19. The number of amides is 2. The zero-order valence-electron chi connectivity index (χ0n) is 21.5. The van der Waals surface area contributed by atoms with Gasteiger partial charge in [-0.05, 0) is 50.1 Å². The molecule has 37 heavy (non-hydrogen) atoms. The molecule has 1 aromatic carbocycles. The molecule has 3 rings (SSSR count). The largest absolute Gasteiger partial charge is 0.383 e. The molecule has 1 aliphatic heterocycles. The Balaban J connectivity index is 0.00000481. The number of nitrogens with one attached hydrogen (secondary N) is 1. The molecule has 0 fully saturated rings. The molecule has 0 saturated carbocycles. The third-order valence-electron chi connectivity index (χ3n) is 6.13. The molecule has 0 radical (unpaired) electrons. The molecule has 2 heterocycles. The standard InChI is InChI=1S/C24H34N4O6S2.ClH/c1-16(2)27-10-9-19-20(15-27)35-24(21(19)22(25)29)26-23(30)17-5-7-18(8-6-17)36(31,32)28(11-13-33-3)12-14-34-4;/h5-8,16H,9-15H2,1-4H3,(H2,25,29)(H,26,30);1H. The second-order valence-electron chi connectivity index (χ2n) is 8.75. The Morgan fingerprint density at radius 2 is 1.73 bits per heavy atom. The molecule has 0 spiro atoms. The molecule has 1 aliphatic rings. The van der Waals surface area contributed by atoms with E-state index in [2.05, 4.69) is 24.1 Å². The number of anilines is 1. The van der Waals surface area contributed by atoms with Crippen LogP contribution < -0.4 is 11.1 Å². The smallest absolute Gasteiger partial charge is 0.256 e. The number of primary amides is 1. The van der Waals surface area contributed by atoms with Crippen LogP contribution in [-0.4, -0.2) is 82.5 Å². The number of fused-ring (bicyclic) bond motifs is 1. The van der Waals surface area contributed by atoms with Crippen LogP contribution in [-0.2, 0) is 32.5 Å². The molecule has 0 bridgehead atoms. The van der Waals surface area contributed by atoms with Crippen molar-refractivity contribution >= 4 is 50.6 Å². The summed E-state index contributed by atoms with van der Waals surface area (Å²) in [7, 11) is -0.797. The normalized spacial score (nSPS) is 13.9. The molecule has 2 amide bonds. The van der Waals surface area contributed by atoms with Crippen LogP contribution in [0, 0.1) is 0 Å². The van der Waals surface area contributed by atoms with Crippen LogP contribution in [0.1, 0.15) is 45.0 Å². The summed E-state index contributed by atoms with van der Waals surface area (Å²) in [6.07, 6.45) is 0.688. The number of hydrogen-bond donors (Lipinski definition) is 2. The number of thiophene rings is 1. The molecule has 3 N–H and O–H groups in total. The molecular formula is C24H35ClN4O6S2. The van der Waals surface area contributed by atoms with Crippen LogP contribution in [0.4, 0.5) is 5.00 Å². The highest BCUT2D eigenvalue weighted by atomic mass is 35.5. The number of nitrogens with two attached hydrogens (primary N) is 1. The minimum absolute atomic E-state index is 0. The molecule has 0 aliphatic carbocycles. The van der Waals surface area contributed by atoms with Gasteiger partial charge in [-0.15, -0.1) is 23.7 Å². The molecule has 2 aromatic rings. The number of methoxy groups -OCH3 is 2. The van der Waals surface area contributed by atoms with Crippen molar-refractivity contribution in [2.24, 2.45) is 5.73 Å². The second-order valence-corrected chi connectivity index (χ2v) is 11.8. The van der Waals surface area contributed by atoms with E-state index < -0.39 is 21.8 Å². The maximum atomic E-state index is 13.1. The maximum absolute atomic E-state index is 13.1. The van der Waals surface area contributed by atoms with Gasteiger partial charge in [-0.1, -0.05) is 0 Å².